The maximum absolute atomic E-state index is 6.11. The van der Waals surface area contributed by atoms with Crippen LogP contribution >= 0.6 is 0 Å². The second-order valence-corrected chi connectivity index (χ2v) is 5.42. The van der Waals surface area contributed by atoms with Crippen molar-refractivity contribution in [3.8, 4) is 0 Å². The normalized spacial score (nSPS) is 10.8. The molecule has 1 aromatic heterocycles. The summed E-state index contributed by atoms with van der Waals surface area (Å²) in [7, 11) is 4.08. The third-order valence-corrected chi connectivity index (χ3v) is 3.58. The monoisotopic (exact) mass is 281 g/mol. The van der Waals surface area contributed by atoms with E-state index in [0.717, 1.165) is 22.3 Å². The number of anilines is 4. The van der Waals surface area contributed by atoms with E-state index in [9.17, 15) is 0 Å². The molecule has 2 aromatic carbocycles. The van der Waals surface area contributed by atoms with Crippen molar-refractivity contribution in [2.75, 3.05) is 30.0 Å². The van der Waals surface area contributed by atoms with Crippen LogP contribution in [0, 0.1) is 6.92 Å². The molecule has 5 nitrogen and oxygen atoms in total. The minimum absolute atomic E-state index is 0.705. The highest BCUT2D eigenvalue weighted by atomic mass is 15.1. The molecular formula is C16H19N5. The van der Waals surface area contributed by atoms with Gasteiger partial charge in [0.05, 0.1) is 23.1 Å². The number of hydrogen-bond donors (Lipinski definition) is 3. The number of fused-ring (bicyclic) bond motifs is 1. The molecule has 0 unspecified atom stereocenters. The van der Waals surface area contributed by atoms with E-state index in [1.165, 1.54) is 11.3 Å². The maximum Gasteiger partial charge on any atom is 0.0672 e. The molecule has 0 radical (unpaired) electrons. The summed E-state index contributed by atoms with van der Waals surface area (Å²) >= 11 is 0. The van der Waals surface area contributed by atoms with E-state index in [4.69, 9.17) is 5.73 Å². The largest absolute Gasteiger partial charge is 0.397 e. The molecule has 3 aromatic rings. The molecule has 21 heavy (non-hydrogen) atoms. The van der Waals surface area contributed by atoms with Gasteiger partial charge in [0.15, 0.2) is 0 Å². The third kappa shape index (κ3) is 2.50. The molecule has 0 aliphatic carbocycles. The van der Waals surface area contributed by atoms with Crippen LogP contribution in [0.25, 0.3) is 10.9 Å². The molecule has 4 N–H and O–H groups in total. The Kier molecular flexibility index (Phi) is 3.17. The van der Waals surface area contributed by atoms with Gasteiger partial charge < -0.3 is 16.0 Å². The number of aromatic nitrogens is 2. The van der Waals surface area contributed by atoms with E-state index in [1.54, 1.807) is 6.20 Å². The van der Waals surface area contributed by atoms with Crippen LogP contribution in [0.15, 0.2) is 36.5 Å². The number of nitrogen functional groups attached to an aromatic ring is 1. The zero-order valence-electron chi connectivity index (χ0n) is 12.4. The van der Waals surface area contributed by atoms with Gasteiger partial charge in [0.25, 0.3) is 0 Å². The van der Waals surface area contributed by atoms with Gasteiger partial charge in [-0.2, -0.15) is 5.10 Å². The summed E-state index contributed by atoms with van der Waals surface area (Å²) in [5.41, 5.74) is 12.1. The minimum atomic E-state index is 0.705. The first kappa shape index (κ1) is 13.3. The number of benzene rings is 2. The maximum atomic E-state index is 6.11. The molecule has 0 amide bonds. The lowest BCUT2D eigenvalue weighted by atomic mass is 10.1. The molecular weight excluding hydrogens is 262 g/mol. The molecule has 108 valence electrons. The van der Waals surface area contributed by atoms with Crippen molar-refractivity contribution in [3.63, 3.8) is 0 Å². The van der Waals surface area contributed by atoms with Crippen molar-refractivity contribution < 1.29 is 0 Å². The van der Waals surface area contributed by atoms with Gasteiger partial charge in [0.1, 0.15) is 0 Å². The van der Waals surface area contributed by atoms with E-state index in [1.807, 2.05) is 26.2 Å². The van der Waals surface area contributed by atoms with Crippen molar-refractivity contribution in [2.24, 2.45) is 0 Å². The SMILES string of the molecule is Cc1ccc(Nc2cc3[nH]ncc3cc2N)cc1N(C)C. The van der Waals surface area contributed by atoms with Crippen LogP contribution in [0.5, 0.6) is 0 Å². The van der Waals surface area contributed by atoms with Crippen molar-refractivity contribution in [3.05, 3.63) is 42.1 Å². The highest BCUT2D eigenvalue weighted by Crippen LogP contribution is 2.30. The number of nitrogens with zero attached hydrogens (tertiary/aromatic N) is 2. The van der Waals surface area contributed by atoms with Gasteiger partial charge in [-0.1, -0.05) is 6.07 Å². The second kappa shape index (κ2) is 5.01. The summed E-state index contributed by atoms with van der Waals surface area (Å²) in [4.78, 5) is 2.10. The quantitative estimate of drug-likeness (QED) is 0.644. The fourth-order valence-electron chi connectivity index (χ4n) is 2.44. The van der Waals surface area contributed by atoms with Crippen LogP contribution in [0.3, 0.4) is 0 Å². The fraction of sp³-hybridized carbons (Fsp3) is 0.188. The molecule has 3 rings (SSSR count). The van der Waals surface area contributed by atoms with Gasteiger partial charge in [-0.15, -0.1) is 0 Å². The summed E-state index contributed by atoms with van der Waals surface area (Å²) in [5.74, 6) is 0. The predicted molar refractivity (Wildman–Crippen MR) is 89.3 cm³/mol. The smallest absolute Gasteiger partial charge is 0.0672 e. The third-order valence-electron chi connectivity index (χ3n) is 3.58. The lowest BCUT2D eigenvalue weighted by Crippen LogP contribution is -2.10. The molecule has 0 saturated heterocycles. The second-order valence-electron chi connectivity index (χ2n) is 5.42. The molecule has 0 spiro atoms. The summed E-state index contributed by atoms with van der Waals surface area (Å²) < 4.78 is 0. The highest BCUT2D eigenvalue weighted by molar-refractivity contribution is 5.90. The zero-order chi connectivity index (χ0) is 15.0. The predicted octanol–water partition coefficient (Wildman–Crippen LogP) is 3.26. The Morgan fingerprint density at radius 1 is 1.19 bits per heavy atom. The first-order valence-electron chi connectivity index (χ1n) is 6.82. The average Bonchev–Trinajstić information content (AvgIpc) is 2.88. The summed E-state index contributed by atoms with van der Waals surface area (Å²) in [5, 5.41) is 11.4. The van der Waals surface area contributed by atoms with Crippen molar-refractivity contribution in [1.82, 2.24) is 10.2 Å². The molecule has 0 aliphatic heterocycles. The van der Waals surface area contributed by atoms with E-state index in [-0.39, 0.29) is 0 Å². The van der Waals surface area contributed by atoms with Gasteiger partial charge >= 0.3 is 0 Å². The topological polar surface area (TPSA) is 70.0 Å². The lowest BCUT2D eigenvalue weighted by Gasteiger charge is -2.18. The number of aromatic amines is 1. The molecule has 0 atom stereocenters. The Hall–Kier alpha value is -2.69. The number of hydrogen-bond acceptors (Lipinski definition) is 4. The first-order chi connectivity index (χ1) is 10.0. The molecule has 0 saturated carbocycles. The molecule has 0 aliphatic rings. The van der Waals surface area contributed by atoms with Gasteiger partial charge in [-0.25, -0.2) is 0 Å². The van der Waals surface area contributed by atoms with Crippen LogP contribution in [0.1, 0.15) is 5.56 Å². The van der Waals surface area contributed by atoms with Crippen LogP contribution < -0.4 is 16.0 Å². The Bertz CT molecular complexity index is 788. The highest BCUT2D eigenvalue weighted by Gasteiger charge is 2.06. The van der Waals surface area contributed by atoms with Crippen LogP contribution in [-0.2, 0) is 0 Å². The average molecular weight is 281 g/mol. The molecule has 5 heteroatoms. The fourth-order valence-corrected chi connectivity index (χ4v) is 2.44. The van der Waals surface area contributed by atoms with Gasteiger partial charge in [0, 0.05) is 30.9 Å². The summed E-state index contributed by atoms with van der Waals surface area (Å²) in [6.45, 7) is 2.10. The van der Waals surface area contributed by atoms with Gasteiger partial charge in [0.2, 0.25) is 0 Å². The number of rotatable bonds is 3. The van der Waals surface area contributed by atoms with Crippen LogP contribution in [0.4, 0.5) is 22.7 Å². The van der Waals surface area contributed by atoms with Gasteiger partial charge in [-0.3, -0.25) is 5.10 Å². The number of nitrogens with one attached hydrogen (secondary N) is 2. The van der Waals surface area contributed by atoms with Crippen molar-refractivity contribution >= 4 is 33.7 Å². The lowest BCUT2D eigenvalue weighted by molar-refractivity contribution is 1.11. The van der Waals surface area contributed by atoms with E-state index in [2.05, 4.69) is 45.5 Å². The van der Waals surface area contributed by atoms with E-state index < -0.39 is 0 Å². The zero-order valence-corrected chi connectivity index (χ0v) is 12.4. The molecule has 0 fully saturated rings. The summed E-state index contributed by atoms with van der Waals surface area (Å²) in [6.07, 6.45) is 1.77. The van der Waals surface area contributed by atoms with Crippen LogP contribution in [-0.4, -0.2) is 24.3 Å². The Morgan fingerprint density at radius 3 is 2.76 bits per heavy atom. The molecule has 1 heterocycles. The summed E-state index contributed by atoms with van der Waals surface area (Å²) in [6, 6.07) is 10.2. The van der Waals surface area contributed by atoms with E-state index in [0.29, 0.717) is 5.69 Å². The van der Waals surface area contributed by atoms with Crippen molar-refractivity contribution in [2.45, 2.75) is 6.92 Å². The first-order valence-corrected chi connectivity index (χ1v) is 6.82. The number of H-pyrrole nitrogens is 1. The van der Waals surface area contributed by atoms with Crippen LogP contribution in [0.2, 0.25) is 0 Å². The standard InChI is InChI=1S/C16H19N5/c1-10-4-5-12(7-16(10)21(2)3)19-15-8-14-11(6-13(15)17)9-18-20-14/h4-9,19H,17H2,1-3H3,(H,18,20). The Morgan fingerprint density at radius 2 is 2.00 bits per heavy atom. The minimum Gasteiger partial charge on any atom is -0.397 e. The van der Waals surface area contributed by atoms with Crippen molar-refractivity contribution in [1.29, 1.82) is 0 Å². The number of aryl methyl sites for hydroxylation is 1. The number of nitrogens with two attached hydrogens (primary N) is 1. The van der Waals surface area contributed by atoms with Gasteiger partial charge in [-0.05, 0) is 36.8 Å². The molecule has 0 bridgehead atoms. The van der Waals surface area contributed by atoms with E-state index >= 15 is 0 Å². The Labute approximate surface area is 123 Å². The Balaban J connectivity index is 1.98.